The minimum Gasteiger partial charge on any atom is -0.496 e. The molecule has 0 fully saturated rings. The second-order valence-corrected chi connectivity index (χ2v) is 3.50. The molecule has 0 bridgehead atoms. The van der Waals surface area contributed by atoms with E-state index in [2.05, 4.69) is 15.9 Å². The van der Waals surface area contributed by atoms with Crippen molar-refractivity contribution < 1.29 is 4.74 Å². The number of hydrogen-bond acceptors (Lipinski definition) is 2. The number of halogens is 1. The summed E-state index contributed by atoms with van der Waals surface area (Å²) in [5.41, 5.74) is 6.79. The summed E-state index contributed by atoms with van der Waals surface area (Å²) in [4.78, 5) is 0. The molecule has 0 saturated carbocycles. The van der Waals surface area contributed by atoms with Gasteiger partial charge in [-0.3, -0.25) is 0 Å². The molecule has 2 nitrogen and oxygen atoms in total. The van der Waals surface area contributed by atoms with E-state index in [0.717, 1.165) is 15.8 Å². The van der Waals surface area contributed by atoms with Gasteiger partial charge in [0.15, 0.2) is 0 Å². The SMILES string of the molecule is COc1cccc(Br)c1[C@H](C)N. The van der Waals surface area contributed by atoms with Crippen LogP contribution in [0.5, 0.6) is 5.75 Å². The van der Waals surface area contributed by atoms with Gasteiger partial charge in [-0.1, -0.05) is 22.0 Å². The fraction of sp³-hybridized carbons (Fsp3) is 0.333. The van der Waals surface area contributed by atoms with Crippen molar-refractivity contribution in [1.29, 1.82) is 0 Å². The quantitative estimate of drug-likeness (QED) is 0.846. The predicted octanol–water partition coefficient (Wildman–Crippen LogP) is 2.48. The van der Waals surface area contributed by atoms with Crippen LogP contribution in [-0.2, 0) is 0 Å². The van der Waals surface area contributed by atoms with E-state index in [0.29, 0.717) is 0 Å². The number of benzene rings is 1. The standard InChI is InChI=1S/C9H12BrNO/c1-6(11)9-7(10)4-3-5-8(9)12-2/h3-6H,11H2,1-2H3/t6-/m0/s1. The Morgan fingerprint density at radius 3 is 2.58 bits per heavy atom. The summed E-state index contributed by atoms with van der Waals surface area (Å²) in [7, 11) is 1.65. The Balaban J connectivity index is 3.20. The van der Waals surface area contributed by atoms with Gasteiger partial charge in [-0.05, 0) is 19.1 Å². The zero-order chi connectivity index (χ0) is 9.14. The first-order valence-electron chi connectivity index (χ1n) is 3.74. The molecule has 0 unspecified atom stereocenters. The van der Waals surface area contributed by atoms with Gasteiger partial charge >= 0.3 is 0 Å². The second-order valence-electron chi connectivity index (χ2n) is 2.64. The highest BCUT2D eigenvalue weighted by atomic mass is 79.9. The van der Waals surface area contributed by atoms with Gasteiger partial charge in [0.2, 0.25) is 0 Å². The largest absolute Gasteiger partial charge is 0.496 e. The van der Waals surface area contributed by atoms with E-state index < -0.39 is 0 Å². The van der Waals surface area contributed by atoms with Gasteiger partial charge in [-0.2, -0.15) is 0 Å². The van der Waals surface area contributed by atoms with E-state index in [1.165, 1.54) is 0 Å². The average molecular weight is 230 g/mol. The summed E-state index contributed by atoms with van der Waals surface area (Å²) in [6, 6.07) is 5.77. The first-order chi connectivity index (χ1) is 5.66. The van der Waals surface area contributed by atoms with E-state index in [1.807, 2.05) is 25.1 Å². The number of ether oxygens (including phenoxy) is 1. The highest BCUT2D eigenvalue weighted by Gasteiger charge is 2.10. The molecule has 0 aliphatic rings. The molecule has 1 aromatic carbocycles. The molecule has 0 heterocycles. The molecule has 0 amide bonds. The smallest absolute Gasteiger partial charge is 0.124 e. The lowest BCUT2D eigenvalue weighted by atomic mass is 10.1. The summed E-state index contributed by atoms with van der Waals surface area (Å²) >= 11 is 3.43. The van der Waals surface area contributed by atoms with E-state index in [9.17, 15) is 0 Å². The lowest BCUT2D eigenvalue weighted by molar-refractivity contribution is 0.406. The van der Waals surface area contributed by atoms with E-state index in [-0.39, 0.29) is 6.04 Å². The van der Waals surface area contributed by atoms with Crippen molar-refractivity contribution >= 4 is 15.9 Å². The molecule has 0 radical (unpaired) electrons. The second kappa shape index (κ2) is 3.92. The minimum absolute atomic E-state index is 0.0180. The topological polar surface area (TPSA) is 35.2 Å². The molecule has 12 heavy (non-hydrogen) atoms. The summed E-state index contributed by atoms with van der Waals surface area (Å²) < 4.78 is 6.17. The summed E-state index contributed by atoms with van der Waals surface area (Å²) in [6.07, 6.45) is 0. The van der Waals surface area contributed by atoms with Gasteiger partial charge in [0.1, 0.15) is 5.75 Å². The Morgan fingerprint density at radius 1 is 1.50 bits per heavy atom. The van der Waals surface area contributed by atoms with Crippen LogP contribution in [0.4, 0.5) is 0 Å². The highest BCUT2D eigenvalue weighted by molar-refractivity contribution is 9.10. The lowest BCUT2D eigenvalue weighted by Crippen LogP contribution is -2.07. The van der Waals surface area contributed by atoms with Crippen LogP contribution in [0.1, 0.15) is 18.5 Å². The molecule has 0 spiro atoms. The molecule has 1 rings (SSSR count). The van der Waals surface area contributed by atoms with Gasteiger partial charge in [0.25, 0.3) is 0 Å². The number of rotatable bonds is 2. The molecule has 0 aliphatic carbocycles. The monoisotopic (exact) mass is 229 g/mol. The highest BCUT2D eigenvalue weighted by Crippen LogP contribution is 2.30. The van der Waals surface area contributed by atoms with E-state index in [1.54, 1.807) is 7.11 Å². The first kappa shape index (κ1) is 9.55. The number of methoxy groups -OCH3 is 1. The maximum absolute atomic E-state index is 5.78. The summed E-state index contributed by atoms with van der Waals surface area (Å²) in [5, 5.41) is 0. The molecule has 2 N–H and O–H groups in total. The van der Waals surface area contributed by atoms with Crippen molar-refractivity contribution in [1.82, 2.24) is 0 Å². The molecule has 3 heteroatoms. The van der Waals surface area contributed by atoms with E-state index >= 15 is 0 Å². The normalized spacial score (nSPS) is 12.7. The summed E-state index contributed by atoms with van der Waals surface area (Å²) in [5.74, 6) is 0.833. The van der Waals surface area contributed by atoms with Crippen LogP contribution in [0, 0.1) is 0 Å². The third kappa shape index (κ3) is 1.79. The minimum atomic E-state index is -0.0180. The molecule has 0 aromatic heterocycles. The zero-order valence-corrected chi connectivity index (χ0v) is 8.76. The fourth-order valence-electron chi connectivity index (χ4n) is 1.14. The molecule has 1 aromatic rings. The number of nitrogens with two attached hydrogens (primary N) is 1. The Morgan fingerprint density at radius 2 is 2.17 bits per heavy atom. The van der Waals surface area contributed by atoms with Gasteiger partial charge in [0.05, 0.1) is 7.11 Å². The Labute approximate surface area is 80.8 Å². The molecular weight excluding hydrogens is 218 g/mol. The van der Waals surface area contributed by atoms with Crippen LogP contribution in [0.25, 0.3) is 0 Å². The maximum atomic E-state index is 5.78. The van der Waals surface area contributed by atoms with Crippen LogP contribution < -0.4 is 10.5 Å². The molecule has 0 aliphatic heterocycles. The molecule has 66 valence electrons. The van der Waals surface area contributed by atoms with Gasteiger partial charge in [-0.15, -0.1) is 0 Å². The average Bonchev–Trinajstić information content (AvgIpc) is 2.03. The van der Waals surface area contributed by atoms with Gasteiger partial charge < -0.3 is 10.5 Å². The zero-order valence-electron chi connectivity index (χ0n) is 7.17. The van der Waals surface area contributed by atoms with Crippen molar-refractivity contribution in [2.75, 3.05) is 7.11 Å². The van der Waals surface area contributed by atoms with Crippen LogP contribution in [0.2, 0.25) is 0 Å². The third-order valence-electron chi connectivity index (χ3n) is 1.69. The Hall–Kier alpha value is -0.540. The molecule has 0 saturated heterocycles. The summed E-state index contributed by atoms with van der Waals surface area (Å²) in [6.45, 7) is 1.93. The maximum Gasteiger partial charge on any atom is 0.124 e. The molecule has 1 atom stereocenters. The van der Waals surface area contributed by atoms with Crippen LogP contribution in [0.3, 0.4) is 0 Å². The fourth-order valence-corrected chi connectivity index (χ4v) is 1.85. The number of hydrogen-bond donors (Lipinski definition) is 1. The lowest BCUT2D eigenvalue weighted by Gasteiger charge is -2.12. The van der Waals surface area contributed by atoms with Gasteiger partial charge in [0, 0.05) is 16.1 Å². The van der Waals surface area contributed by atoms with Crippen molar-refractivity contribution in [3.8, 4) is 5.75 Å². The van der Waals surface area contributed by atoms with Crippen molar-refractivity contribution in [2.45, 2.75) is 13.0 Å². The predicted molar refractivity (Wildman–Crippen MR) is 53.3 cm³/mol. The van der Waals surface area contributed by atoms with E-state index in [4.69, 9.17) is 10.5 Å². The van der Waals surface area contributed by atoms with Crippen LogP contribution in [0.15, 0.2) is 22.7 Å². The first-order valence-corrected chi connectivity index (χ1v) is 4.54. The van der Waals surface area contributed by atoms with Crippen LogP contribution in [-0.4, -0.2) is 7.11 Å². The van der Waals surface area contributed by atoms with Crippen molar-refractivity contribution in [3.05, 3.63) is 28.2 Å². The third-order valence-corrected chi connectivity index (χ3v) is 2.38. The Bertz CT molecular complexity index is 273. The van der Waals surface area contributed by atoms with Crippen molar-refractivity contribution in [2.24, 2.45) is 5.73 Å². The molecular formula is C9H12BrNO. The van der Waals surface area contributed by atoms with Gasteiger partial charge in [-0.25, -0.2) is 0 Å². The van der Waals surface area contributed by atoms with Crippen molar-refractivity contribution in [3.63, 3.8) is 0 Å². The Kier molecular flexibility index (Phi) is 3.12. The van der Waals surface area contributed by atoms with Crippen LogP contribution >= 0.6 is 15.9 Å².